The molecule has 0 aromatic heterocycles. The Morgan fingerprint density at radius 2 is 2.17 bits per heavy atom. The minimum Gasteiger partial charge on any atom is -0.377 e. The van der Waals surface area contributed by atoms with Crippen LogP contribution in [0, 0.1) is 17.8 Å². The minimum atomic E-state index is 0.119. The minimum absolute atomic E-state index is 0.119. The number of ether oxygens (including phenoxy) is 1. The lowest BCUT2D eigenvalue weighted by Gasteiger charge is -2.24. The van der Waals surface area contributed by atoms with E-state index in [9.17, 15) is 4.79 Å². The number of piperidine rings is 1. The van der Waals surface area contributed by atoms with Crippen LogP contribution in [0.3, 0.4) is 0 Å². The standard InChI is InChI=1S/C14H24N2O2/c17-14(16-9-10-2-1-6-15-8-10)12-5-7-18-13(12)11-3-4-11/h10-13,15H,1-9H2,(H,16,17)/t10?,12-,13+/m1/s1. The van der Waals surface area contributed by atoms with Crippen LogP contribution in [0.5, 0.6) is 0 Å². The Bertz CT molecular complexity index is 298. The Hall–Kier alpha value is -0.610. The van der Waals surface area contributed by atoms with Gasteiger partial charge in [-0.25, -0.2) is 0 Å². The average Bonchev–Trinajstić information content (AvgIpc) is 3.14. The molecule has 0 aromatic rings. The van der Waals surface area contributed by atoms with Crippen molar-refractivity contribution in [2.24, 2.45) is 17.8 Å². The van der Waals surface area contributed by atoms with E-state index in [4.69, 9.17) is 4.74 Å². The van der Waals surface area contributed by atoms with Gasteiger partial charge in [0.15, 0.2) is 0 Å². The molecule has 18 heavy (non-hydrogen) atoms. The van der Waals surface area contributed by atoms with Gasteiger partial charge in [0, 0.05) is 13.2 Å². The quantitative estimate of drug-likeness (QED) is 0.782. The molecule has 0 aromatic carbocycles. The molecule has 2 aliphatic heterocycles. The Balaban J connectivity index is 1.45. The molecule has 0 radical (unpaired) electrons. The van der Waals surface area contributed by atoms with Crippen molar-refractivity contribution in [2.45, 2.75) is 38.2 Å². The zero-order chi connectivity index (χ0) is 12.4. The molecule has 1 amide bonds. The number of hydrogen-bond donors (Lipinski definition) is 2. The van der Waals surface area contributed by atoms with Crippen LogP contribution in [-0.2, 0) is 9.53 Å². The Kier molecular flexibility index (Phi) is 3.85. The van der Waals surface area contributed by atoms with Gasteiger partial charge in [0.05, 0.1) is 12.0 Å². The molecule has 0 spiro atoms. The van der Waals surface area contributed by atoms with Gasteiger partial charge in [0.2, 0.25) is 5.91 Å². The monoisotopic (exact) mass is 252 g/mol. The average molecular weight is 252 g/mol. The third-order valence-electron chi connectivity index (χ3n) is 4.52. The topological polar surface area (TPSA) is 50.4 Å². The number of carbonyl (C=O) groups excluding carboxylic acids is 1. The van der Waals surface area contributed by atoms with E-state index in [0.717, 1.165) is 32.7 Å². The first-order valence-electron chi connectivity index (χ1n) is 7.44. The van der Waals surface area contributed by atoms with Crippen LogP contribution in [0.15, 0.2) is 0 Å². The van der Waals surface area contributed by atoms with Crippen LogP contribution >= 0.6 is 0 Å². The highest BCUT2D eigenvalue weighted by molar-refractivity contribution is 5.79. The van der Waals surface area contributed by atoms with Crippen molar-refractivity contribution >= 4 is 5.91 Å². The van der Waals surface area contributed by atoms with Crippen molar-refractivity contribution < 1.29 is 9.53 Å². The maximum absolute atomic E-state index is 12.2. The van der Waals surface area contributed by atoms with Crippen LogP contribution in [-0.4, -0.2) is 38.3 Å². The summed E-state index contributed by atoms with van der Waals surface area (Å²) in [5.74, 6) is 1.63. The van der Waals surface area contributed by atoms with E-state index in [2.05, 4.69) is 10.6 Å². The Labute approximate surface area is 109 Å². The molecule has 3 aliphatic rings. The first kappa shape index (κ1) is 12.4. The fourth-order valence-electron chi connectivity index (χ4n) is 3.26. The van der Waals surface area contributed by atoms with E-state index in [1.54, 1.807) is 0 Å². The van der Waals surface area contributed by atoms with Crippen LogP contribution < -0.4 is 10.6 Å². The highest BCUT2D eigenvalue weighted by Crippen LogP contribution is 2.41. The SMILES string of the molecule is O=C(NCC1CCCNC1)[C@@H]1CCO[C@H]1C1CC1. The lowest BCUT2D eigenvalue weighted by Crippen LogP contribution is -2.42. The summed E-state index contributed by atoms with van der Waals surface area (Å²) in [4.78, 5) is 12.2. The van der Waals surface area contributed by atoms with E-state index in [1.807, 2.05) is 0 Å². The van der Waals surface area contributed by atoms with Crippen LogP contribution in [0.2, 0.25) is 0 Å². The molecule has 1 unspecified atom stereocenters. The molecule has 2 saturated heterocycles. The fourth-order valence-corrected chi connectivity index (χ4v) is 3.26. The molecular formula is C14H24N2O2. The zero-order valence-corrected chi connectivity index (χ0v) is 11.0. The molecule has 0 bridgehead atoms. The van der Waals surface area contributed by atoms with Gasteiger partial charge in [0.25, 0.3) is 0 Å². The van der Waals surface area contributed by atoms with Crippen LogP contribution in [0.4, 0.5) is 0 Å². The highest BCUT2D eigenvalue weighted by Gasteiger charge is 2.43. The molecule has 3 fully saturated rings. The number of hydrogen-bond acceptors (Lipinski definition) is 3. The zero-order valence-electron chi connectivity index (χ0n) is 11.0. The van der Waals surface area contributed by atoms with Crippen molar-refractivity contribution in [3.8, 4) is 0 Å². The Morgan fingerprint density at radius 1 is 1.28 bits per heavy atom. The largest absolute Gasteiger partial charge is 0.377 e. The summed E-state index contributed by atoms with van der Waals surface area (Å²) in [5.41, 5.74) is 0. The molecule has 3 atom stereocenters. The summed E-state index contributed by atoms with van der Waals surface area (Å²) in [5, 5.41) is 6.54. The highest BCUT2D eigenvalue weighted by atomic mass is 16.5. The van der Waals surface area contributed by atoms with Crippen molar-refractivity contribution in [3.05, 3.63) is 0 Å². The third kappa shape index (κ3) is 2.86. The summed E-state index contributed by atoms with van der Waals surface area (Å²) < 4.78 is 5.73. The molecule has 4 heteroatoms. The van der Waals surface area contributed by atoms with Crippen molar-refractivity contribution in [1.29, 1.82) is 0 Å². The summed E-state index contributed by atoms with van der Waals surface area (Å²) in [7, 11) is 0. The van der Waals surface area contributed by atoms with Gasteiger partial charge >= 0.3 is 0 Å². The van der Waals surface area contributed by atoms with E-state index in [0.29, 0.717) is 11.8 Å². The second-order valence-electron chi connectivity index (χ2n) is 6.03. The van der Waals surface area contributed by atoms with Gasteiger partial charge in [-0.15, -0.1) is 0 Å². The van der Waals surface area contributed by atoms with E-state index in [-0.39, 0.29) is 17.9 Å². The van der Waals surface area contributed by atoms with Crippen LogP contribution in [0.25, 0.3) is 0 Å². The van der Waals surface area contributed by atoms with Crippen LogP contribution in [0.1, 0.15) is 32.1 Å². The van der Waals surface area contributed by atoms with Crippen molar-refractivity contribution in [2.75, 3.05) is 26.2 Å². The van der Waals surface area contributed by atoms with Crippen molar-refractivity contribution in [3.63, 3.8) is 0 Å². The first-order chi connectivity index (χ1) is 8.84. The molecule has 1 aliphatic carbocycles. The van der Waals surface area contributed by atoms with Gasteiger partial charge < -0.3 is 15.4 Å². The molecule has 1 saturated carbocycles. The predicted molar refractivity (Wildman–Crippen MR) is 69.2 cm³/mol. The third-order valence-corrected chi connectivity index (χ3v) is 4.52. The Morgan fingerprint density at radius 3 is 2.89 bits per heavy atom. The number of rotatable bonds is 4. The smallest absolute Gasteiger partial charge is 0.225 e. The van der Waals surface area contributed by atoms with Gasteiger partial charge in [-0.1, -0.05) is 0 Å². The lowest BCUT2D eigenvalue weighted by atomic mass is 9.95. The molecule has 3 rings (SSSR count). The fraction of sp³-hybridized carbons (Fsp3) is 0.929. The summed E-state index contributed by atoms with van der Waals surface area (Å²) in [6.45, 7) is 3.78. The van der Waals surface area contributed by atoms with E-state index < -0.39 is 0 Å². The normalized spacial score (nSPS) is 36.6. The summed E-state index contributed by atoms with van der Waals surface area (Å²) in [6, 6.07) is 0. The van der Waals surface area contributed by atoms with Gasteiger partial charge in [-0.2, -0.15) is 0 Å². The maximum atomic E-state index is 12.2. The molecular weight excluding hydrogens is 228 g/mol. The maximum Gasteiger partial charge on any atom is 0.225 e. The second kappa shape index (κ2) is 5.57. The first-order valence-corrected chi connectivity index (χ1v) is 7.44. The van der Waals surface area contributed by atoms with E-state index in [1.165, 1.54) is 25.7 Å². The molecule has 4 nitrogen and oxygen atoms in total. The molecule has 2 N–H and O–H groups in total. The van der Waals surface area contributed by atoms with E-state index >= 15 is 0 Å². The number of nitrogens with one attached hydrogen (secondary N) is 2. The van der Waals surface area contributed by atoms with Gasteiger partial charge in [0.1, 0.15) is 0 Å². The van der Waals surface area contributed by atoms with Crippen molar-refractivity contribution in [1.82, 2.24) is 10.6 Å². The van der Waals surface area contributed by atoms with Gasteiger partial charge in [-0.05, 0) is 57.0 Å². The summed E-state index contributed by atoms with van der Waals surface area (Å²) >= 11 is 0. The molecule has 2 heterocycles. The van der Waals surface area contributed by atoms with Gasteiger partial charge in [-0.3, -0.25) is 4.79 Å². The number of carbonyl (C=O) groups is 1. The number of amides is 1. The second-order valence-corrected chi connectivity index (χ2v) is 6.03. The predicted octanol–water partition coefficient (Wildman–Crippen LogP) is 0.917. The lowest BCUT2D eigenvalue weighted by molar-refractivity contribution is -0.127. The summed E-state index contributed by atoms with van der Waals surface area (Å²) in [6.07, 6.45) is 6.10. The molecule has 102 valence electrons.